The lowest BCUT2D eigenvalue weighted by Gasteiger charge is -2.16. The van der Waals surface area contributed by atoms with E-state index < -0.39 is 0 Å². The fourth-order valence-corrected chi connectivity index (χ4v) is 2.10. The van der Waals surface area contributed by atoms with Crippen molar-refractivity contribution in [1.29, 1.82) is 0 Å². The van der Waals surface area contributed by atoms with E-state index in [-0.39, 0.29) is 12.5 Å². The van der Waals surface area contributed by atoms with Gasteiger partial charge in [0.05, 0.1) is 0 Å². The number of nitrogens with one attached hydrogen (secondary N) is 1. The lowest BCUT2D eigenvalue weighted by molar-refractivity contribution is -0.125. The van der Waals surface area contributed by atoms with Crippen LogP contribution in [0.5, 0.6) is 0 Å². The molecule has 5 nitrogen and oxygen atoms in total. The molecule has 0 atom stereocenters. The summed E-state index contributed by atoms with van der Waals surface area (Å²) in [6.45, 7) is 5.23. The lowest BCUT2D eigenvalue weighted by Crippen LogP contribution is -2.27. The molecule has 104 valence electrons. The number of rotatable bonds is 6. The largest absolute Gasteiger partial charge is 0.372 e. The van der Waals surface area contributed by atoms with Crippen LogP contribution >= 0.6 is 0 Å². The third-order valence-corrected chi connectivity index (χ3v) is 3.17. The van der Waals surface area contributed by atoms with E-state index in [1.165, 1.54) is 12.8 Å². The minimum absolute atomic E-state index is 0.0922. The highest BCUT2D eigenvalue weighted by molar-refractivity contribution is 5.77. The van der Waals surface area contributed by atoms with E-state index in [0.29, 0.717) is 13.2 Å². The fraction of sp³-hybridized carbons (Fsp3) is 0.571. The highest BCUT2D eigenvalue weighted by Crippen LogP contribution is 2.17. The molecule has 5 heteroatoms. The van der Waals surface area contributed by atoms with Crippen molar-refractivity contribution < 1.29 is 9.53 Å². The number of amides is 1. The zero-order valence-electron chi connectivity index (χ0n) is 11.4. The van der Waals surface area contributed by atoms with E-state index in [9.17, 15) is 4.79 Å². The molecule has 0 spiro atoms. The molecule has 0 aliphatic carbocycles. The number of anilines is 1. The molecular formula is C14H21N3O2. The van der Waals surface area contributed by atoms with Gasteiger partial charge in [0.1, 0.15) is 12.4 Å². The molecule has 1 fully saturated rings. The second-order valence-corrected chi connectivity index (χ2v) is 4.63. The molecule has 1 aliphatic rings. The number of pyridine rings is 1. The third kappa shape index (κ3) is 4.21. The summed E-state index contributed by atoms with van der Waals surface area (Å²) in [7, 11) is 0. The Hall–Kier alpha value is -1.62. The Bertz CT molecular complexity index is 400. The van der Waals surface area contributed by atoms with Crippen LogP contribution in [0.3, 0.4) is 0 Å². The number of carbonyl (C=O) groups excluding carboxylic acids is 1. The molecule has 1 aliphatic heterocycles. The summed E-state index contributed by atoms with van der Waals surface area (Å²) in [5.74, 6) is 0.937. The molecule has 0 radical (unpaired) electrons. The van der Waals surface area contributed by atoms with E-state index in [0.717, 1.165) is 24.5 Å². The van der Waals surface area contributed by atoms with Gasteiger partial charge in [-0.1, -0.05) is 6.07 Å². The van der Waals surface area contributed by atoms with Crippen molar-refractivity contribution in [1.82, 2.24) is 10.3 Å². The van der Waals surface area contributed by atoms with E-state index >= 15 is 0 Å². The van der Waals surface area contributed by atoms with Gasteiger partial charge in [0.15, 0.2) is 0 Å². The zero-order chi connectivity index (χ0) is 13.5. The van der Waals surface area contributed by atoms with Crippen molar-refractivity contribution >= 4 is 11.7 Å². The smallest absolute Gasteiger partial charge is 0.246 e. The molecule has 0 unspecified atom stereocenters. The molecule has 1 amide bonds. The lowest BCUT2D eigenvalue weighted by atomic mass is 10.2. The Kier molecular flexibility index (Phi) is 5.15. The topological polar surface area (TPSA) is 54.5 Å². The number of carbonyl (C=O) groups is 1. The number of hydrogen-bond donors (Lipinski definition) is 1. The Morgan fingerprint density at radius 1 is 1.42 bits per heavy atom. The summed E-state index contributed by atoms with van der Waals surface area (Å²) in [6, 6.07) is 4.04. The Morgan fingerprint density at radius 2 is 2.21 bits per heavy atom. The van der Waals surface area contributed by atoms with Crippen LogP contribution in [0.15, 0.2) is 18.3 Å². The molecule has 2 rings (SSSR count). The molecule has 1 N–H and O–H groups in total. The average molecular weight is 263 g/mol. The average Bonchev–Trinajstić information content (AvgIpc) is 2.97. The molecular weight excluding hydrogens is 242 g/mol. The quantitative estimate of drug-likeness (QED) is 0.841. The summed E-state index contributed by atoms with van der Waals surface area (Å²) < 4.78 is 5.04. The summed E-state index contributed by atoms with van der Waals surface area (Å²) in [4.78, 5) is 18.1. The summed E-state index contributed by atoms with van der Waals surface area (Å²) >= 11 is 0. The minimum Gasteiger partial charge on any atom is -0.372 e. The normalized spacial score (nSPS) is 14.7. The first kappa shape index (κ1) is 13.8. The first-order valence-electron chi connectivity index (χ1n) is 6.84. The van der Waals surface area contributed by atoms with Crippen LogP contribution in [0.25, 0.3) is 0 Å². The van der Waals surface area contributed by atoms with Gasteiger partial charge < -0.3 is 15.0 Å². The van der Waals surface area contributed by atoms with Crippen LogP contribution < -0.4 is 10.2 Å². The third-order valence-electron chi connectivity index (χ3n) is 3.17. The number of hydrogen-bond acceptors (Lipinski definition) is 4. The Morgan fingerprint density at radius 3 is 2.84 bits per heavy atom. The molecule has 0 saturated carbocycles. The summed E-state index contributed by atoms with van der Waals surface area (Å²) in [6.07, 6.45) is 4.32. The van der Waals surface area contributed by atoms with E-state index in [1.54, 1.807) is 0 Å². The van der Waals surface area contributed by atoms with Gasteiger partial charge >= 0.3 is 0 Å². The summed E-state index contributed by atoms with van der Waals surface area (Å²) in [5, 5.41) is 2.81. The number of nitrogens with zero attached hydrogens (tertiary/aromatic N) is 2. The Balaban J connectivity index is 1.79. The molecule has 1 saturated heterocycles. The molecule has 1 aromatic heterocycles. The van der Waals surface area contributed by atoms with Gasteiger partial charge in [-0.3, -0.25) is 4.79 Å². The number of ether oxygens (including phenoxy) is 1. The highest BCUT2D eigenvalue weighted by atomic mass is 16.5. The van der Waals surface area contributed by atoms with Crippen molar-refractivity contribution in [3.8, 4) is 0 Å². The number of aromatic nitrogens is 1. The molecule has 2 heterocycles. The predicted octanol–water partition coefficient (Wildman–Crippen LogP) is 1.33. The van der Waals surface area contributed by atoms with Crippen molar-refractivity contribution in [2.24, 2.45) is 0 Å². The standard InChI is InChI=1S/C14H21N3O2/c1-2-19-11-14(18)16-10-12-5-6-13(15-9-12)17-7-3-4-8-17/h5-6,9H,2-4,7-8,10-11H2,1H3,(H,16,18). The van der Waals surface area contributed by atoms with Gasteiger partial charge in [-0.2, -0.15) is 0 Å². The maximum atomic E-state index is 11.4. The van der Waals surface area contributed by atoms with Crippen molar-refractivity contribution in [3.05, 3.63) is 23.9 Å². The van der Waals surface area contributed by atoms with Crippen LogP contribution in [-0.2, 0) is 16.1 Å². The van der Waals surface area contributed by atoms with Crippen molar-refractivity contribution in [3.63, 3.8) is 0 Å². The summed E-state index contributed by atoms with van der Waals surface area (Å²) in [5.41, 5.74) is 1.01. The van der Waals surface area contributed by atoms with Crippen LogP contribution in [-0.4, -0.2) is 37.2 Å². The van der Waals surface area contributed by atoms with Gasteiger partial charge in [-0.25, -0.2) is 4.98 Å². The van der Waals surface area contributed by atoms with Crippen LogP contribution in [0.1, 0.15) is 25.3 Å². The van der Waals surface area contributed by atoms with Crippen molar-refractivity contribution in [2.45, 2.75) is 26.3 Å². The molecule has 0 aromatic carbocycles. The molecule has 19 heavy (non-hydrogen) atoms. The monoisotopic (exact) mass is 263 g/mol. The maximum Gasteiger partial charge on any atom is 0.246 e. The SMILES string of the molecule is CCOCC(=O)NCc1ccc(N2CCCC2)nc1. The zero-order valence-corrected chi connectivity index (χ0v) is 11.4. The second-order valence-electron chi connectivity index (χ2n) is 4.63. The molecule has 0 bridgehead atoms. The van der Waals surface area contributed by atoms with Gasteiger partial charge in [-0.05, 0) is 31.4 Å². The van der Waals surface area contributed by atoms with E-state index in [4.69, 9.17) is 4.74 Å². The van der Waals surface area contributed by atoms with Crippen LogP contribution in [0.2, 0.25) is 0 Å². The maximum absolute atomic E-state index is 11.4. The first-order chi connectivity index (χ1) is 9.29. The first-order valence-corrected chi connectivity index (χ1v) is 6.84. The van der Waals surface area contributed by atoms with Crippen LogP contribution in [0, 0.1) is 0 Å². The van der Waals surface area contributed by atoms with Gasteiger partial charge in [-0.15, -0.1) is 0 Å². The van der Waals surface area contributed by atoms with E-state index in [2.05, 4.69) is 15.2 Å². The predicted molar refractivity (Wildman–Crippen MR) is 74.0 cm³/mol. The fourth-order valence-electron chi connectivity index (χ4n) is 2.10. The van der Waals surface area contributed by atoms with E-state index in [1.807, 2.05) is 25.3 Å². The second kappa shape index (κ2) is 7.09. The van der Waals surface area contributed by atoms with Crippen LogP contribution in [0.4, 0.5) is 5.82 Å². The van der Waals surface area contributed by atoms with Gasteiger partial charge in [0, 0.05) is 32.4 Å². The Labute approximate surface area is 114 Å². The molecule has 1 aromatic rings. The van der Waals surface area contributed by atoms with Crippen molar-refractivity contribution in [2.75, 3.05) is 31.2 Å². The minimum atomic E-state index is -0.0922. The van der Waals surface area contributed by atoms with Gasteiger partial charge in [0.25, 0.3) is 0 Å². The highest BCUT2D eigenvalue weighted by Gasteiger charge is 2.12. The van der Waals surface area contributed by atoms with Gasteiger partial charge in [0.2, 0.25) is 5.91 Å².